The molecule has 100 valence electrons. The largest absolute Gasteiger partial charge is 0.453 e. The number of aryl methyl sites for hydroxylation is 1. The first-order valence-corrected chi connectivity index (χ1v) is 7.42. The average molecular weight is 279 g/mol. The summed E-state index contributed by atoms with van der Waals surface area (Å²) in [5.41, 5.74) is 1.99. The highest BCUT2D eigenvalue weighted by atomic mass is 32.2. The standard InChI is InChI=1S/C13H13NO4S/c1-9-3-4-10(7-12(9)14-19(2,16)17)13-6-5-11(8-15)18-13/h3-8,14H,1-2H3. The molecule has 0 saturated heterocycles. The molecule has 1 heterocycles. The summed E-state index contributed by atoms with van der Waals surface area (Å²) in [6, 6.07) is 8.48. The topological polar surface area (TPSA) is 76.4 Å². The zero-order chi connectivity index (χ0) is 14.0. The van der Waals surface area contributed by atoms with Gasteiger partial charge in [0.15, 0.2) is 12.0 Å². The molecule has 1 aromatic heterocycles. The van der Waals surface area contributed by atoms with Crippen LogP contribution in [-0.4, -0.2) is 21.0 Å². The van der Waals surface area contributed by atoms with E-state index in [2.05, 4.69) is 4.72 Å². The van der Waals surface area contributed by atoms with Crippen LogP contribution in [0.5, 0.6) is 0 Å². The molecule has 6 heteroatoms. The Labute approximate surface area is 111 Å². The lowest BCUT2D eigenvalue weighted by Gasteiger charge is -2.09. The molecule has 0 saturated carbocycles. The number of furan rings is 1. The van der Waals surface area contributed by atoms with Crippen LogP contribution in [0.15, 0.2) is 34.7 Å². The van der Waals surface area contributed by atoms with Gasteiger partial charge in [-0.2, -0.15) is 0 Å². The molecular formula is C13H13NO4S. The lowest BCUT2D eigenvalue weighted by molar-refractivity contribution is 0.110. The summed E-state index contributed by atoms with van der Waals surface area (Å²) in [7, 11) is -3.33. The van der Waals surface area contributed by atoms with Crippen LogP contribution in [-0.2, 0) is 10.0 Å². The fourth-order valence-corrected chi connectivity index (χ4v) is 2.28. The summed E-state index contributed by atoms with van der Waals surface area (Å²) >= 11 is 0. The minimum absolute atomic E-state index is 0.230. The van der Waals surface area contributed by atoms with Gasteiger partial charge in [-0.3, -0.25) is 9.52 Å². The summed E-state index contributed by atoms with van der Waals surface area (Å²) in [6.45, 7) is 1.80. The van der Waals surface area contributed by atoms with Gasteiger partial charge < -0.3 is 4.42 Å². The number of carbonyl (C=O) groups excluding carboxylic acids is 1. The third-order valence-electron chi connectivity index (χ3n) is 2.56. The van der Waals surface area contributed by atoms with Crippen molar-refractivity contribution in [1.82, 2.24) is 0 Å². The minimum atomic E-state index is -3.33. The Morgan fingerprint density at radius 2 is 1.95 bits per heavy atom. The van der Waals surface area contributed by atoms with E-state index in [0.29, 0.717) is 23.3 Å². The van der Waals surface area contributed by atoms with E-state index in [0.717, 1.165) is 11.8 Å². The number of carbonyl (C=O) groups is 1. The highest BCUT2D eigenvalue weighted by molar-refractivity contribution is 7.92. The van der Waals surface area contributed by atoms with Gasteiger partial charge in [0.1, 0.15) is 5.76 Å². The number of hydrogen-bond donors (Lipinski definition) is 1. The molecular weight excluding hydrogens is 266 g/mol. The molecule has 19 heavy (non-hydrogen) atoms. The SMILES string of the molecule is Cc1ccc(-c2ccc(C=O)o2)cc1NS(C)(=O)=O. The first-order chi connectivity index (χ1) is 8.89. The third kappa shape index (κ3) is 3.23. The van der Waals surface area contributed by atoms with E-state index >= 15 is 0 Å². The Kier molecular flexibility index (Phi) is 3.44. The fraction of sp³-hybridized carbons (Fsp3) is 0.154. The molecule has 0 fully saturated rings. The lowest BCUT2D eigenvalue weighted by atomic mass is 10.1. The van der Waals surface area contributed by atoms with Crippen LogP contribution in [0.25, 0.3) is 11.3 Å². The van der Waals surface area contributed by atoms with Gasteiger partial charge in [-0.25, -0.2) is 8.42 Å². The average Bonchev–Trinajstić information content (AvgIpc) is 2.79. The minimum Gasteiger partial charge on any atom is -0.453 e. The molecule has 0 radical (unpaired) electrons. The van der Waals surface area contributed by atoms with Crippen LogP contribution in [0.4, 0.5) is 5.69 Å². The van der Waals surface area contributed by atoms with Gasteiger partial charge in [-0.15, -0.1) is 0 Å². The number of anilines is 1. The summed E-state index contributed by atoms with van der Waals surface area (Å²) in [4.78, 5) is 10.6. The Hall–Kier alpha value is -2.08. The predicted molar refractivity (Wildman–Crippen MR) is 72.7 cm³/mol. The van der Waals surface area contributed by atoms with E-state index in [1.165, 1.54) is 0 Å². The number of rotatable bonds is 4. The number of aldehydes is 1. The van der Waals surface area contributed by atoms with Crippen LogP contribution in [0.3, 0.4) is 0 Å². The van der Waals surface area contributed by atoms with Crippen LogP contribution < -0.4 is 4.72 Å². The highest BCUT2D eigenvalue weighted by Crippen LogP contribution is 2.27. The van der Waals surface area contributed by atoms with Gasteiger partial charge in [-0.1, -0.05) is 12.1 Å². The van der Waals surface area contributed by atoms with Gasteiger partial charge in [0.25, 0.3) is 0 Å². The quantitative estimate of drug-likeness (QED) is 0.872. The first kappa shape index (κ1) is 13.4. The Morgan fingerprint density at radius 1 is 1.21 bits per heavy atom. The molecule has 2 aromatic rings. The molecule has 0 spiro atoms. The Balaban J connectivity index is 2.43. The van der Waals surface area contributed by atoms with Gasteiger partial charge in [0.05, 0.1) is 11.9 Å². The highest BCUT2D eigenvalue weighted by Gasteiger charge is 2.09. The number of benzene rings is 1. The molecule has 0 unspecified atom stereocenters. The summed E-state index contributed by atoms with van der Waals surface area (Å²) in [5.74, 6) is 0.742. The van der Waals surface area contributed by atoms with Crippen molar-refractivity contribution in [2.45, 2.75) is 6.92 Å². The Morgan fingerprint density at radius 3 is 2.53 bits per heavy atom. The number of nitrogens with one attached hydrogen (secondary N) is 1. The van der Waals surface area contributed by atoms with Crippen molar-refractivity contribution in [3.63, 3.8) is 0 Å². The molecule has 0 bridgehead atoms. The Bertz CT molecular complexity index is 716. The van der Waals surface area contributed by atoms with E-state index < -0.39 is 10.0 Å². The van der Waals surface area contributed by atoms with Crippen molar-refractivity contribution in [2.75, 3.05) is 11.0 Å². The second-order valence-corrected chi connectivity index (χ2v) is 5.97. The second kappa shape index (κ2) is 4.89. The van der Waals surface area contributed by atoms with Crippen molar-refractivity contribution >= 4 is 22.0 Å². The normalized spacial score (nSPS) is 11.3. The second-order valence-electron chi connectivity index (χ2n) is 4.22. The van der Waals surface area contributed by atoms with Gasteiger partial charge in [-0.05, 0) is 30.7 Å². The molecule has 0 aliphatic rings. The molecule has 0 aliphatic carbocycles. The molecule has 1 N–H and O–H groups in total. The maximum atomic E-state index is 11.3. The van der Waals surface area contributed by atoms with Crippen LogP contribution in [0, 0.1) is 6.92 Å². The van der Waals surface area contributed by atoms with Crippen molar-refractivity contribution in [3.05, 3.63) is 41.7 Å². The van der Waals surface area contributed by atoms with Crippen molar-refractivity contribution < 1.29 is 17.6 Å². The van der Waals surface area contributed by atoms with Crippen molar-refractivity contribution in [2.24, 2.45) is 0 Å². The van der Waals surface area contributed by atoms with Crippen LogP contribution in [0.2, 0.25) is 0 Å². The molecule has 5 nitrogen and oxygen atoms in total. The number of sulfonamides is 1. The van der Waals surface area contributed by atoms with Crippen LogP contribution in [0.1, 0.15) is 16.1 Å². The van der Waals surface area contributed by atoms with Crippen molar-refractivity contribution in [1.29, 1.82) is 0 Å². The monoisotopic (exact) mass is 279 g/mol. The fourth-order valence-electron chi connectivity index (χ4n) is 1.66. The molecule has 0 amide bonds. The van der Waals surface area contributed by atoms with Gasteiger partial charge in [0, 0.05) is 5.56 Å². The zero-order valence-corrected chi connectivity index (χ0v) is 11.3. The smallest absolute Gasteiger partial charge is 0.229 e. The van der Waals surface area contributed by atoms with E-state index in [1.54, 1.807) is 37.3 Å². The maximum Gasteiger partial charge on any atom is 0.229 e. The third-order valence-corrected chi connectivity index (χ3v) is 3.15. The number of hydrogen-bond acceptors (Lipinski definition) is 4. The summed E-state index contributed by atoms with van der Waals surface area (Å²) < 4.78 is 30.3. The van der Waals surface area contributed by atoms with Crippen molar-refractivity contribution in [3.8, 4) is 11.3 Å². The molecule has 1 aromatic carbocycles. The van der Waals surface area contributed by atoms with E-state index in [-0.39, 0.29) is 5.76 Å². The molecule has 0 aliphatic heterocycles. The predicted octanol–water partition coefficient (Wildman–Crippen LogP) is 2.44. The molecule has 2 rings (SSSR count). The van der Waals surface area contributed by atoms with Gasteiger partial charge in [0.2, 0.25) is 10.0 Å². The lowest BCUT2D eigenvalue weighted by Crippen LogP contribution is -2.10. The summed E-state index contributed by atoms with van der Waals surface area (Å²) in [6.07, 6.45) is 1.71. The van der Waals surface area contributed by atoms with E-state index in [1.807, 2.05) is 0 Å². The van der Waals surface area contributed by atoms with E-state index in [4.69, 9.17) is 4.42 Å². The maximum absolute atomic E-state index is 11.3. The van der Waals surface area contributed by atoms with Gasteiger partial charge >= 0.3 is 0 Å². The summed E-state index contributed by atoms with van der Waals surface area (Å²) in [5, 5.41) is 0. The first-order valence-electron chi connectivity index (χ1n) is 5.53. The van der Waals surface area contributed by atoms with Crippen LogP contribution >= 0.6 is 0 Å². The zero-order valence-electron chi connectivity index (χ0n) is 10.5. The molecule has 0 atom stereocenters. The van der Waals surface area contributed by atoms with E-state index in [9.17, 15) is 13.2 Å².